The van der Waals surface area contributed by atoms with Gasteiger partial charge >= 0.3 is 11.9 Å². The van der Waals surface area contributed by atoms with E-state index in [4.69, 9.17) is 9.47 Å². The number of unbranched alkanes of at least 4 members (excludes halogenated alkanes) is 4. The highest BCUT2D eigenvalue weighted by Gasteiger charge is 2.17. The van der Waals surface area contributed by atoms with Gasteiger partial charge in [0.25, 0.3) is 0 Å². The van der Waals surface area contributed by atoms with E-state index < -0.39 is 12.1 Å². The largest absolute Gasteiger partial charge is 0.462 e. The van der Waals surface area contributed by atoms with E-state index >= 15 is 0 Å². The van der Waals surface area contributed by atoms with Crippen molar-refractivity contribution in [2.24, 2.45) is 0 Å². The molecule has 0 bridgehead atoms. The highest BCUT2D eigenvalue weighted by molar-refractivity contribution is 5.74. The van der Waals surface area contributed by atoms with Crippen LogP contribution in [0.15, 0.2) is 25.3 Å². The zero-order chi connectivity index (χ0) is 21.0. The SMILES string of the molecule is C=CCCCC(=O)OC1CCCCC1.C=CCOC(=O)C(O)CCCCCC. The van der Waals surface area contributed by atoms with Gasteiger partial charge in [0, 0.05) is 6.42 Å². The van der Waals surface area contributed by atoms with Crippen molar-refractivity contribution in [2.75, 3.05) is 6.61 Å². The molecule has 0 aromatic carbocycles. The van der Waals surface area contributed by atoms with Gasteiger partial charge in [-0.25, -0.2) is 4.79 Å². The number of carbonyl (C=O) groups is 2. The minimum atomic E-state index is -0.966. The molecule has 0 spiro atoms. The average molecular weight is 397 g/mol. The van der Waals surface area contributed by atoms with E-state index in [2.05, 4.69) is 20.1 Å². The maximum atomic E-state index is 11.3. The Kier molecular flexibility index (Phi) is 17.6. The quantitative estimate of drug-likeness (QED) is 0.261. The normalized spacial score (nSPS) is 14.9. The third-order valence-corrected chi connectivity index (χ3v) is 4.59. The van der Waals surface area contributed by atoms with Gasteiger partial charge in [-0.15, -0.1) is 6.58 Å². The second kappa shape index (κ2) is 18.7. The van der Waals surface area contributed by atoms with Crippen LogP contribution in [0.25, 0.3) is 0 Å². The fourth-order valence-electron chi connectivity index (χ4n) is 2.94. The van der Waals surface area contributed by atoms with Crippen LogP contribution in [0, 0.1) is 0 Å². The first-order valence-electron chi connectivity index (χ1n) is 10.8. The van der Waals surface area contributed by atoms with E-state index in [1.165, 1.54) is 25.3 Å². The van der Waals surface area contributed by atoms with Gasteiger partial charge in [0.1, 0.15) is 12.7 Å². The van der Waals surface area contributed by atoms with Crippen molar-refractivity contribution >= 4 is 11.9 Å². The average Bonchev–Trinajstić information content (AvgIpc) is 2.70. The number of carbonyl (C=O) groups excluding carboxylic acids is 2. The van der Waals surface area contributed by atoms with Crippen LogP contribution in [0.2, 0.25) is 0 Å². The molecule has 1 rings (SSSR count). The molecule has 0 amide bonds. The van der Waals surface area contributed by atoms with E-state index in [0.29, 0.717) is 12.8 Å². The van der Waals surface area contributed by atoms with Crippen LogP contribution < -0.4 is 0 Å². The predicted molar refractivity (Wildman–Crippen MR) is 113 cm³/mol. The smallest absolute Gasteiger partial charge is 0.335 e. The first-order chi connectivity index (χ1) is 13.5. The molecule has 1 N–H and O–H groups in total. The third-order valence-electron chi connectivity index (χ3n) is 4.59. The molecule has 5 heteroatoms. The predicted octanol–water partition coefficient (Wildman–Crippen LogP) is 5.27. The lowest BCUT2D eigenvalue weighted by Crippen LogP contribution is -2.22. The number of aliphatic hydroxyl groups is 1. The highest BCUT2D eigenvalue weighted by Crippen LogP contribution is 2.20. The number of hydrogen-bond acceptors (Lipinski definition) is 5. The van der Waals surface area contributed by atoms with Gasteiger partial charge in [0.2, 0.25) is 0 Å². The summed E-state index contributed by atoms with van der Waals surface area (Å²) >= 11 is 0. The summed E-state index contributed by atoms with van der Waals surface area (Å²) in [5.41, 5.74) is 0. The first-order valence-corrected chi connectivity index (χ1v) is 10.8. The van der Waals surface area contributed by atoms with Crippen LogP contribution in [0.4, 0.5) is 0 Å². The standard InChI is InChI=1S/C12H20O2.C11H20O3/c1-2-3-5-10-12(13)14-11-8-6-4-7-9-11;1-3-5-6-7-8-10(12)11(13)14-9-4-2/h2,11H,1,3-10H2;4,10,12H,2-3,5-9H2,1H3. The van der Waals surface area contributed by atoms with Crippen LogP contribution in [0.1, 0.15) is 90.4 Å². The zero-order valence-electron chi connectivity index (χ0n) is 17.7. The van der Waals surface area contributed by atoms with Crippen LogP contribution in [-0.4, -0.2) is 35.9 Å². The minimum Gasteiger partial charge on any atom is -0.462 e. The Hall–Kier alpha value is -1.62. The number of allylic oxidation sites excluding steroid dienone is 1. The molecule has 1 aliphatic rings. The summed E-state index contributed by atoms with van der Waals surface area (Å²) in [5, 5.41) is 9.33. The third kappa shape index (κ3) is 15.4. The lowest BCUT2D eigenvalue weighted by atomic mass is 9.98. The maximum Gasteiger partial charge on any atom is 0.335 e. The number of rotatable bonds is 13. The fourth-order valence-corrected chi connectivity index (χ4v) is 2.94. The van der Waals surface area contributed by atoms with Crippen molar-refractivity contribution in [3.8, 4) is 0 Å². The van der Waals surface area contributed by atoms with Gasteiger partial charge in [-0.2, -0.15) is 0 Å². The Labute approximate surface area is 171 Å². The zero-order valence-corrected chi connectivity index (χ0v) is 17.7. The molecule has 1 saturated carbocycles. The Morgan fingerprint density at radius 3 is 2.39 bits per heavy atom. The van der Waals surface area contributed by atoms with Gasteiger partial charge in [0.15, 0.2) is 6.10 Å². The summed E-state index contributed by atoms with van der Waals surface area (Å²) in [6.45, 7) is 9.33. The van der Waals surface area contributed by atoms with Crippen molar-refractivity contribution in [1.82, 2.24) is 0 Å². The molecule has 0 heterocycles. The molecule has 28 heavy (non-hydrogen) atoms. The van der Waals surface area contributed by atoms with E-state index in [0.717, 1.165) is 51.4 Å². The first kappa shape index (κ1) is 26.4. The fraction of sp³-hybridized carbons (Fsp3) is 0.739. The summed E-state index contributed by atoms with van der Waals surface area (Å²) in [6, 6.07) is 0. The Morgan fingerprint density at radius 1 is 1.07 bits per heavy atom. The molecule has 5 nitrogen and oxygen atoms in total. The summed E-state index contributed by atoms with van der Waals surface area (Å²) < 4.78 is 10.1. The Morgan fingerprint density at radius 2 is 1.79 bits per heavy atom. The maximum absolute atomic E-state index is 11.3. The molecule has 0 aromatic heterocycles. The van der Waals surface area contributed by atoms with Gasteiger partial charge in [0.05, 0.1) is 0 Å². The van der Waals surface area contributed by atoms with E-state index in [9.17, 15) is 14.7 Å². The number of esters is 2. The molecule has 0 aromatic rings. The summed E-state index contributed by atoms with van der Waals surface area (Å²) in [4.78, 5) is 22.4. The molecule has 0 saturated heterocycles. The number of ether oxygens (including phenoxy) is 2. The van der Waals surface area contributed by atoms with E-state index in [-0.39, 0.29) is 18.7 Å². The molecule has 1 fully saturated rings. The van der Waals surface area contributed by atoms with Crippen LogP contribution in [0.3, 0.4) is 0 Å². The van der Waals surface area contributed by atoms with Crippen molar-refractivity contribution in [3.63, 3.8) is 0 Å². The monoisotopic (exact) mass is 396 g/mol. The highest BCUT2D eigenvalue weighted by atomic mass is 16.5. The van der Waals surface area contributed by atoms with Crippen LogP contribution >= 0.6 is 0 Å². The molecule has 0 aliphatic heterocycles. The van der Waals surface area contributed by atoms with E-state index in [1.807, 2.05) is 6.08 Å². The lowest BCUT2D eigenvalue weighted by Gasteiger charge is -2.21. The molecule has 0 radical (unpaired) electrons. The molecule has 1 unspecified atom stereocenters. The Bertz CT molecular complexity index is 427. The molecular weight excluding hydrogens is 356 g/mol. The van der Waals surface area contributed by atoms with Crippen molar-refractivity contribution < 1.29 is 24.2 Å². The molecule has 162 valence electrons. The van der Waals surface area contributed by atoms with Crippen molar-refractivity contribution in [3.05, 3.63) is 25.3 Å². The van der Waals surface area contributed by atoms with Gasteiger partial charge in [-0.1, -0.05) is 57.8 Å². The van der Waals surface area contributed by atoms with Crippen molar-refractivity contribution in [1.29, 1.82) is 0 Å². The van der Waals surface area contributed by atoms with Crippen LogP contribution in [0.5, 0.6) is 0 Å². The summed E-state index contributed by atoms with van der Waals surface area (Å²) in [6.07, 6.45) is 15.5. The van der Waals surface area contributed by atoms with Crippen molar-refractivity contribution in [2.45, 2.75) is 103 Å². The second-order valence-electron chi connectivity index (χ2n) is 7.21. The molecule has 1 aliphatic carbocycles. The number of hydrogen-bond donors (Lipinski definition) is 1. The molecule has 1 atom stereocenters. The number of aliphatic hydroxyl groups excluding tert-OH is 1. The van der Waals surface area contributed by atoms with Gasteiger partial charge in [-0.05, 0) is 44.9 Å². The topological polar surface area (TPSA) is 72.8 Å². The summed E-state index contributed by atoms with van der Waals surface area (Å²) in [7, 11) is 0. The van der Waals surface area contributed by atoms with Crippen LogP contribution in [-0.2, 0) is 19.1 Å². The second-order valence-corrected chi connectivity index (χ2v) is 7.21. The Balaban J connectivity index is 0.000000521. The minimum absolute atomic E-state index is 0.0289. The lowest BCUT2D eigenvalue weighted by molar-refractivity contribution is -0.152. The van der Waals surface area contributed by atoms with Gasteiger partial charge < -0.3 is 14.6 Å². The van der Waals surface area contributed by atoms with Gasteiger partial charge in [-0.3, -0.25) is 4.79 Å². The summed E-state index contributed by atoms with van der Waals surface area (Å²) in [5.74, 6) is -0.569. The molecular formula is C23H40O5. The van der Waals surface area contributed by atoms with E-state index in [1.54, 1.807) is 0 Å².